The fourth-order valence-electron chi connectivity index (χ4n) is 8.16. The Morgan fingerprint density at radius 2 is 1.57 bits per heavy atom. The first-order valence-corrected chi connectivity index (χ1v) is 18.7. The maximum atomic E-state index is 5.11. The van der Waals surface area contributed by atoms with Gasteiger partial charge in [0.2, 0.25) is 0 Å². The fraction of sp³-hybridized carbons (Fsp3) is 0.213. The number of anilines is 4. The van der Waals surface area contributed by atoms with Gasteiger partial charge >= 0.3 is 0 Å². The molecule has 0 unspecified atom stereocenters. The smallest absolute Gasteiger partial charge is 0.135 e. The SMILES string of the molecule is Cc1ccc(N2[CH-]N(c3[c-]c(Cc4[c-]c5c(cc4)c4ccccc4n5-c4cc(C(C)(C)C)ccn4)ccc3)c3cc4nc5n(c4cc32)CCCC5)cc1.[Pt]. The fourth-order valence-corrected chi connectivity index (χ4v) is 8.16. The monoisotopic (exact) mass is 884 g/mol. The van der Waals surface area contributed by atoms with E-state index in [4.69, 9.17) is 9.97 Å². The molecule has 0 saturated carbocycles. The third-order valence-corrected chi connectivity index (χ3v) is 11.0. The second kappa shape index (κ2) is 13.3. The Morgan fingerprint density at radius 1 is 0.759 bits per heavy atom. The van der Waals surface area contributed by atoms with Crippen molar-refractivity contribution in [1.82, 2.24) is 19.1 Å². The molecule has 0 amide bonds. The van der Waals surface area contributed by atoms with Gasteiger partial charge in [-0.25, -0.2) is 9.97 Å². The molecular weight excluding hydrogens is 844 g/mol. The normalized spacial score (nSPS) is 14.1. The second-order valence-electron chi connectivity index (χ2n) is 15.6. The van der Waals surface area contributed by atoms with Gasteiger partial charge in [-0.3, -0.25) is 0 Å². The van der Waals surface area contributed by atoms with Crippen LogP contribution in [0, 0.1) is 25.7 Å². The van der Waals surface area contributed by atoms with Crippen LogP contribution in [0.25, 0.3) is 38.7 Å². The van der Waals surface area contributed by atoms with Gasteiger partial charge in [0.15, 0.2) is 0 Å². The average molecular weight is 885 g/mol. The molecule has 7 heteroatoms. The van der Waals surface area contributed by atoms with Gasteiger partial charge in [0.1, 0.15) is 11.6 Å². The molecule has 54 heavy (non-hydrogen) atoms. The van der Waals surface area contributed by atoms with Crippen molar-refractivity contribution in [3.05, 3.63) is 156 Å². The zero-order valence-electron chi connectivity index (χ0n) is 31.0. The van der Waals surface area contributed by atoms with Crippen molar-refractivity contribution in [3.8, 4) is 5.82 Å². The number of aryl methyl sites for hydroxylation is 3. The van der Waals surface area contributed by atoms with Crippen molar-refractivity contribution in [3.63, 3.8) is 0 Å². The Morgan fingerprint density at radius 3 is 2.43 bits per heavy atom. The Kier molecular flexibility index (Phi) is 8.50. The van der Waals surface area contributed by atoms with Gasteiger partial charge in [-0.1, -0.05) is 62.2 Å². The number of hydrogen-bond acceptors (Lipinski definition) is 4. The van der Waals surface area contributed by atoms with Crippen LogP contribution in [0.1, 0.15) is 61.7 Å². The largest absolute Gasteiger partial charge is 0.493 e. The van der Waals surface area contributed by atoms with E-state index in [1.54, 1.807) is 0 Å². The average Bonchev–Trinajstić information content (AvgIpc) is 3.83. The van der Waals surface area contributed by atoms with Gasteiger partial charge in [-0.15, -0.1) is 17.7 Å². The molecule has 0 radical (unpaired) electrons. The number of pyridine rings is 1. The van der Waals surface area contributed by atoms with Crippen molar-refractivity contribution >= 4 is 55.6 Å². The van der Waals surface area contributed by atoms with E-state index in [1.807, 2.05) is 6.20 Å². The van der Waals surface area contributed by atoms with E-state index in [0.717, 1.165) is 69.2 Å². The molecular formula is C47H41N6Pt-3. The number of hydrogen-bond donors (Lipinski definition) is 0. The second-order valence-corrected chi connectivity index (χ2v) is 15.6. The maximum Gasteiger partial charge on any atom is 0.135 e. The Bertz CT molecular complexity index is 2700. The molecule has 2 aliphatic rings. The van der Waals surface area contributed by atoms with Crippen LogP contribution in [0.4, 0.5) is 22.7 Å². The van der Waals surface area contributed by atoms with Crippen molar-refractivity contribution in [2.24, 2.45) is 0 Å². The predicted molar refractivity (Wildman–Crippen MR) is 217 cm³/mol. The van der Waals surface area contributed by atoms with Crippen LogP contribution in [0.15, 0.2) is 109 Å². The summed E-state index contributed by atoms with van der Waals surface area (Å²) in [6.07, 6.45) is 6.07. The molecule has 0 bridgehead atoms. The summed E-state index contributed by atoms with van der Waals surface area (Å²) in [6.45, 7) is 12.1. The topological polar surface area (TPSA) is 42.1 Å². The number of aromatic nitrogens is 4. The number of imidazole rings is 1. The molecule has 10 rings (SSSR count). The van der Waals surface area contributed by atoms with Crippen LogP contribution in [-0.4, -0.2) is 19.1 Å². The van der Waals surface area contributed by atoms with Gasteiger partial charge in [-0.05, 0) is 85.0 Å². The Balaban J connectivity index is 0.00000384. The zero-order valence-corrected chi connectivity index (χ0v) is 33.3. The van der Waals surface area contributed by atoms with E-state index in [0.29, 0.717) is 6.42 Å². The van der Waals surface area contributed by atoms with Crippen LogP contribution in [-0.2, 0) is 45.9 Å². The number of fused-ring (bicyclic) bond motifs is 7. The molecule has 8 aromatic rings. The van der Waals surface area contributed by atoms with E-state index < -0.39 is 0 Å². The minimum Gasteiger partial charge on any atom is -0.493 e. The summed E-state index contributed by atoms with van der Waals surface area (Å²) in [5, 5.41) is 2.38. The van der Waals surface area contributed by atoms with Gasteiger partial charge in [0.25, 0.3) is 0 Å². The summed E-state index contributed by atoms with van der Waals surface area (Å²) in [7, 11) is 0. The molecule has 0 fully saturated rings. The molecule has 0 N–H and O–H groups in total. The summed E-state index contributed by atoms with van der Waals surface area (Å²) in [5.74, 6) is 2.12. The number of benzene rings is 5. The Hall–Kier alpha value is -5.19. The molecule has 0 saturated heterocycles. The van der Waals surface area contributed by atoms with Crippen molar-refractivity contribution in [1.29, 1.82) is 0 Å². The van der Waals surface area contributed by atoms with Crippen LogP contribution < -0.4 is 9.80 Å². The van der Waals surface area contributed by atoms with Crippen molar-refractivity contribution in [2.45, 2.75) is 65.3 Å². The molecule has 6 nitrogen and oxygen atoms in total. The van der Waals surface area contributed by atoms with E-state index in [9.17, 15) is 0 Å². The van der Waals surface area contributed by atoms with Crippen molar-refractivity contribution < 1.29 is 21.1 Å². The van der Waals surface area contributed by atoms with E-state index in [1.165, 1.54) is 46.1 Å². The number of nitrogens with zero attached hydrogens (tertiary/aromatic N) is 6. The molecule has 2 aliphatic heterocycles. The molecule has 272 valence electrons. The molecule has 0 atom stereocenters. The van der Waals surface area contributed by atoms with Gasteiger partial charge in [-0.2, -0.15) is 53.6 Å². The maximum absolute atomic E-state index is 5.11. The first kappa shape index (κ1) is 34.6. The Labute approximate surface area is 331 Å². The van der Waals surface area contributed by atoms with Crippen LogP contribution >= 0.6 is 0 Å². The first-order chi connectivity index (χ1) is 25.8. The predicted octanol–water partition coefficient (Wildman–Crippen LogP) is 11.1. The number of rotatable bonds is 5. The summed E-state index contributed by atoms with van der Waals surface area (Å²) in [6, 6.07) is 44.9. The first-order valence-electron chi connectivity index (χ1n) is 18.7. The molecule has 0 spiro atoms. The van der Waals surface area contributed by atoms with Gasteiger partial charge in [0, 0.05) is 62.8 Å². The standard InChI is InChI=1S/C47H41N6.Pt/c1-31-15-18-35(19-16-31)51-30-52(43-28-39-42(29-44(43)51)50-23-8-7-14-45(50)49-39)36-11-9-10-32(25-36)24-33-17-20-38-37-12-5-6-13-40(37)53(41(38)26-33)46-27-34(21-22-48-46)47(2,3)4;/h5-6,9-13,15-22,27-30H,7-8,14,23-24H2,1-4H3;/q-3;. The number of para-hydroxylation sites is 1. The van der Waals surface area contributed by atoms with Crippen LogP contribution in [0.3, 0.4) is 0 Å². The quantitative estimate of drug-likeness (QED) is 0.162. The van der Waals surface area contributed by atoms with E-state index >= 15 is 0 Å². The van der Waals surface area contributed by atoms with Crippen LogP contribution in [0.5, 0.6) is 0 Å². The summed E-state index contributed by atoms with van der Waals surface area (Å²) in [4.78, 5) is 14.6. The summed E-state index contributed by atoms with van der Waals surface area (Å²) >= 11 is 0. The molecule has 5 aromatic carbocycles. The summed E-state index contributed by atoms with van der Waals surface area (Å²) in [5.41, 5.74) is 13.6. The van der Waals surface area contributed by atoms with Gasteiger partial charge in [0.05, 0.1) is 11.0 Å². The minimum absolute atomic E-state index is 0. The van der Waals surface area contributed by atoms with Crippen molar-refractivity contribution in [2.75, 3.05) is 9.80 Å². The molecule has 5 heterocycles. The summed E-state index contributed by atoms with van der Waals surface area (Å²) < 4.78 is 4.69. The van der Waals surface area contributed by atoms with Gasteiger partial charge < -0.3 is 18.9 Å². The van der Waals surface area contributed by atoms with E-state index in [-0.39, 0.29) is 26.5 Å². The third-order valence-electron chi connectivity index (χ3n) is 11.0. The molecule has 0 aliphatic carbocycles. The minimum atomic E-state index is 0. The van der Waals surface area contributed by atoms with E-state index in [2.05, 4.69) is 169 Å². The van der Waals surface area contributed by atoms with Crippen LogP contribution in [0.2, 0.25) is 0 Å². The third kappa shape index (κ3) is 5.83. The zero-order chi connectivity index (χ0) is 35.8. The molecule has 3 aromatic heterocycles.